The molecule has 0 heterocycles. The van der Waals surface area contributed by atoms with E-state index in [1.807, 2.05) is 18.2 Å². The lowest BCUT2D eigenvalue weighted by molar-refractivity contribution is 0.0580. The van der Waals surface area contributed by atoms with Crippen molar-refractivity contribution in [2.45, 2.75) is 26.4 Å². The molecule has 0 unspecified atom stereocenters. The summed E-state index contributed by atoms with van der Waals surface area (Å²) in [6.07, 6.45) is -0.653. The van der Waals surface area contributed by atoms with E-state index in [0.717, 1.165) is 5.01 Å². The summed E-state index contributed by atoms with van der Waals surface area (Å²) in [7, 11) is 0. The number of rotatable bonds is 3. The normalized spacial score (nSPS) is 11.0. The summed E-state index contributed by atoms with van der Waals surface area (Å²) in [4.78, 5) is 24.2. The van der Waals surface area contributed by atoms with Gasteiger partial charge >= 0.3 is 6.09 Å². The second-order valence-electron chi connectivity index (χ2n) is 6.09. The Kier molecular flexibility index (Phi) is 4.81. The van der Waals surface area contributed by atoms with Crippen molar-refractivity contribution in [2.75, 3.05) is 5.01 Å². The molecule has 0 spiro atoms. The van der Waals surface area contributed by atoms with Crippen LogP contribution in [0.5, 0.6) is 0 Å². The Bertz CT molecular complexity index is 688. The van der Waals surface area contributed by atoms with E-state index >= 15 is 0 Å². The molecule has 2 N–H and O–H groups in total. The maximum absolute atomic E-state index is 12.3. The number of carbonyl (C=O) groups excluding carboxylic acids is 2. The van der Waals surface area contributed by atoms with Crippen molar-refractivity contribution >= 4 is 17.6 Å². The number of hydrazine groups is 1. The Hall–Kier alpha value is -2.66. The minimum atomic E-state index is -0.653. The molecular formula is C18H20N2O3. The van der Waals surface area contributed by atoms with Gasteiger partial charge in [0.25, 0.3) is 0 Å². The highest BCUT2D eigenvalue weighted by molar-refractivity contribution is 6.09. The van der Waals surface area contributed by atoms with E-state index in [4.69, 9.17) is 10.6 Å². The van der Waals surface area contributed by atoms with Gasteiger partial charge in [-0.05, 0) is 45.0 Å². The number of amides is 1. The van der Waals surface area contributed by atoms with E-state index in [1.165, 1.54) is 0 Å². The van der Waals surface area contributed by atoms with Crippen LogP contribution in [0.1, 0.15) is 36.7 Å². The van der Waals surface area contributed by atoms with Gasteiger partial charge in [0.1, 0.15) is 5.60 Å². The molecule has 0 atom stereocenters. The van der Waals surface area contributed by atoms with Crippen molar-refractivity contribution in [1.29, 1.82) is 0 Å². The Balaban J connectivity index is 2.13. The average molecular weight is 312 g/mol. The van der Waals surface area contributed by atoms with Gasteiger partial charge in [-0.2, -0.15) is 0 Å². The van der Waals surface area contributed by atoms with Crippen LogP contribution >= 0.6 is 0 Å². The van der Waals surface area contributed by atoms with E-state index in [1.54, 1.807) is 57.2 Å². The third-order valence-electron chi connectivity index (χ3n) is 3.03. The molecule has 0 fully saturated rings. The van der Waals surface area contributed by atoms with Gasteiger partial charge in [-0.3, -0.25) is 4.79 Å². The Labute approximate surface area is 135 Å². The van der Waals surface area contributed by atoms with Crippen LogP contribution in [0.4, 0.5) is 10.5 Å². The lowest BCUT2D eigenvalue weighted by Gasteiger charge is -2.24. The second-order valence-corrected chi connectivity index (χ2v) is 6.09. The molecule has 0 aliphatic heterocycles. The molecule has 5 heteroatoms. The highest BCUT2D eigenvalue weighted by Crippen LogP contribution is 2.18. The van der Waals surface area contributed by atoms with E-state index in [-0.39, 0.29) is 5.78 Å². The molecular weight excluding hydrogens is 292 g/mol. The quantitative estimate of drug-likeness (QED) is 0.407. The lowest BCUT2D eigenvalue weighted by atomic mass is 10.0. The standard InChI is InChI=1S/C18H20N2O3/c1-18(2,3)23-17(22)20(19)15-11-9-14(10-12-15)16(21)13-7-5-4-6-8-13/h4-12H,19H2,1-3H3. The minimum Gasteiger partial charge on any atom is -0.442 e. The molecule has 23 heavy (non-hydrogen) atoms. The molecule has 0 aromatic heterocycles. The van der Waals surface area contributed by atoms with Crippen molar-refractivity contribution < 1.29 is 14.3 Å². The Morgan fingerprint density at radius 3 is 1.96 bits per heavy atom. The number of benzene rings is 2. The first-order chi connectivity index (χ1) is 10.8. The lowest BCUT2D eigenvalue weighted by Crippen LogP contribution is -2.41. The topological polar surface area (TPSA) is 72.6 Å². The van der Waals surface area contributed by atoms with Gasteiger partial charge in [-0.25, -0.2) is 15.6 Å². The predicted octanol–water partition coefficient (Wildman–Crippen LogP) is 3.53. The zero-order valence-corrected chi connectivity index (χ0v) is 13.4. The van der Waals surface area contributed by atoms with Crippen molar-refractivity contribution in [3.63, 3.8) is 0 Å². The summed E-state index contributed by atoms with van der Waals surface area (Å²) in [5, 5.41) is 0.919. The first-order valence-corrected chi connectivity index (χ1v) is 7.25. The predicted molar refractivity (Wildman–Crippen MR) is 89.2 cm³/mol. The third kappa shape index (κ3) is 4.40. The first-order valence-electron chi connectivity index (χ1n) is 7.25. The van der Waals surface area contributed by atoms with Crippen LogP contribution in [0.15, 0.2) is 54.6 Å². The maximum atomic E-state index is 12.3. The monoisotopic (exact) mass is 312 g/mol. The summed E-state index contributed by atoms with van der Waals surface area (Å²) >= 11 is 0. The summed E-state index contributed by atoms with van der Waals surface area (Å²) in [5.74, 6) is 5.67. The van der Waals surface area contributed by atoms with Gasteiger partial charge in [0.15, 0.2) is 5.78 Å². The van der Waals surface area contributed by atoms with Gasteiger partial charge in [-0.15, -0.1) is 0 Å². The fourth-order valence-electron chi connectivity index (χ4n) is 1.95. The molecule has 0 aliphatic rings. The molecule has 0 saturated heterocycles. The second kappa shape index (κ2) is 6.62. The van der Waals surface area contributed by atoms with Crippen LogP contribution in [-0.2, 0) is 4.74 Å². The highest BCUT2D eigenvalue weighted by Gasteiger charge is 2.21. The van der Waals surface area contributed by atoms with Crippen LogP contribution in [0.25, 0.3) is 0 Å². The number of carbonyl (C=O) groups is 2. The average Bonchev–Trinajstić information content (AvgIpc) is 2.53. The minimum absolute atomic E-state index is 0.0852. The molecule has 5 nitrogen and oxygen atoms in total. The summed E-state index contributed by atoms with van der Waals surface area (Å²) in [6.45, 7) is 5.29. The van der Waals surface area contributed by atoms with Crippen LogP contribution in [0, 0.1) is 0 Å². The number of hydrogen-bond acceptors (Lipinski definition) is 4. The summed E-state index contributed by atoms with van der Waals surface area (Å²) < 4.78 is 5.20. The van der Waals surface area contributed by atoms with Gasteiger partial charge in [0.05, 0.1) is 5.69 Å². The van der Waals surface area contributed by atoms with Gasteiger partial charge < -0.3 is 4.74 Å². The number of nitrogens with zero attached hydrogens (tertiary/aromatic N) is 1. The summed E-state index contributed by atoms with van der Waals surface area (Å²) in [5.41, 5.74) is 0.955. The van der Waals surface area contributed by atoms with Gasteiger partial charge in [-0.1, -0.05) is 30.3 Å². The third-order valence-corrected chi connectivity index (χ3v) is 3.03. The number of nitrogens with two attached hydrogens (primary N) is 1. The van der Waals surface area contributed by atoms with E-state index in [9.17, 15) is 9.59 Å². The van der Waals surface area contributed by atoms with Gasteiger partial charge in [0, 0.05) is 11.1 Å². The number of anilines is 1. The van der Waals surface area contributed by atoms with Crippen molar-refractivity contribution in [2.24, 2.45) is 5.84 Å². The smallest absolute Gasteiger partial charge is 0.429 e. The zero-order chi connectivity index (χ0) is 17.0. The SMILES string of the molecule is CC(C)(C)OC(=O)N(N)c1ccc(C(=O)c2ccccc2)cc1. The molecule has 2 aromatic carbocycles. The first kappa shape index (κ1) is 16.7. The summed E-state index contributed by atoms with van der Waals surface area (Å²) in [6, 6.07) is 15.5. The molecule has 1 amide bonds. The Morgan fingerprint density at radius 2 is 1.43 bits per heavy atom. The van der Waals surface area contributed by atoms with Crippen LogP contribution < -0.4 is 10.9 Å². The van der Waals surface area contributed by atoms with Crippen molar-refractivity contribution in [3.05, 3.63) is 65.7 Å². The van der Waals surface area contributed by atoms with E-state index in [0.29, 0.717) is 16.8 Å². The van der Waals surface area contributed by atoms with E-state index in [2.05, 4.69) is 0 Å². The fraction of sp³-hybridized carbons (Fsp3) is 0.222. The molecule has 2 rings (SSSR count). The highest BCUT2D eigenvalue weighted by atomic mass is 16.6. The van der Waals surface area contributed by atoms with Crippen LogP contribution in [-0.4, -0.2) is 17.5 Å². The van der Waals surface area contributed by atoms with Crippen LogP contribution in [0.3, 0.4) is 0 Å². The molecule has 0 bridgehead atoms. The Morgan fingerprint density at radius 1 is 0.913 bits per heavy atom. The molecule has 120 valence electrons. The maximum Gasteiger partial charge on any atom is 0.429 e. The molecule has 0 saturated carbocycles. The zero-order valence-electron chi connectivity index (χ0n) is 13.4. The van der Waals surface area contributed by atoms with Crippen molar-refractivity contribution in [3.8, 4) is 0 Å². The van der Waals surface area contributed by atoms with Crippen LogP contribution in [0.2, 0.25) is 0 Å². The molecule has 0 radical (unpaired) electrons. The molecule has 2 aromatic rings. The number of ketones is 1. The van der Waals surface area contributed by atoms with Gasteiger partial charge in [0.2, 0.25) is 0 Å². The molecule has 0 aliphatic carbocycles. The number of hydrogen-bond donors (Lipinski definition) is 1. The van der Waals surface area contributed by atoms with Crippen molar-refractivity contribution in [1.82, 2.24) is 0 Å². The van der Waals surface area contributed by atoms with E-state index < -0.39 is 11.7 Å². The fourth-order valence-corrected chi connectivity index (χ4v) is 1.95. The number of ether oxygens (including phenoxy) is 1. The largest absolute Gasteiger partial charge is 0.442 e.